The number of benzene rings is 2. The van der Waals surface area contributed by atoms with Crippen LogP contribution in [0.25, 0.3) is 28.6 Å². The first-order valence-electron chi connectivity index (χ1n) is 9.04. The van der Waals surface area contributed by atoms with Crippen LogP contribution in [0.4, 0.5) is 26.3 Å². The van der Waals surface area contributed by atoms with Crippen molar-refractivity contribution in [3.05, 3.63) is 77.4 Å². The molecule has 0 aliphatic carbocycles. The van der Waals surface area contributed by atoms with E-state index in [1.165, 1.54) is 12.1 Å². The van der Waals surface area contributed by atoms with Crippen LogP contribution in [0.15, 0.2) is 48.8 Å². The maximum absolute atomic E-state index is 14.6. The van der Waals surface area contributed by atoms with Gasteiger partial charge in [0.05, 0.1) is 0 Å². The van der Waals surface area contributed by atoms with E-state index in [0.717, 1.165) is 36.6 Å². The Bertz CT molecular complexity index is 1050. The van der Waals surface area contributed by atoms with Crippen LogP contribution in [0.5, 0.6) is 0 Å². The molecule has 30 heavy (non-hydrogen) atoms. The molecule has 156 valence electrons. The molecule has 2 nitrogen and oxygen atoms in total. The third-order valence-electron chi connectivity index (χ3n) is 4.30. The first-order valence-corrected chi connectivity index (χ1v) is 9.04. The van der Waals surface area contributed by atoms with Crippen molar-refractivity contribution in [1.82, 2.24) is 9.97 Å². The quantitative estimate of drug-likeness (QED) is 0.425. The van der Waals surface area contributed by atoms with Gasteiger partial charge in [0, 0.05) is 35.2 Å². The molecule has 0 bridgehead atoms. The SMILES string of the molecule is CCCc1cnc(-c2ccc(-c3cc(F)c(/C=C/C(F)(F)F)c(F)c3)c(F)c2)nc1. The van der Waals surface area contributed by atoms with Gasteiger partial charge in [-0.2, -0.15) is 13.2 Å². The van der Waals surface area contributed by atoms with Crippen molar-refractivity contribution in [2.45, 2.75) is 25.9 Å². The highest BCUT2D eigenvalue weighted by atomic mass is 19.4. The van der Waals surface area contributed by atoms with Crippen LogP contribution >= 0.6 is 0 Å². The van der Waals surface area contributed by atoms with Crippen LogP contribution < -0.4 is 0 Å². The number of halogens is 6. The first-order chi connectivity index (χ1) is 14.2. The molecule has 0 saturated carbocycles. The summed E-state index contributed by atoms with van der Waals surface area (Å²) >= 11 is 0. The zero-order valence-corrected chi connectivity index (χ0v) is 15.8. The summed E-state index contributed by atoms with van der Waals surface area (Å²) in [4.78, 5) is 8.39. The van der Waals surface area contributed by atoms with Crippen molar-refractivity contribution >= 4 is 6.08 Å². The van der Waals surface area contributed by atoms with E-state index in [2.05, 4.69) is 9.97 Å². The minimum absolute atomic E-state index is 0.106. The van der Waals surface area contributed by atoms with E-state index < -0.39 is 29.2 Å². The van der Waals surface area contributed by atoms with E-state index in [4.69, 9.17) is 0 Å². The highest BCUT2D eigenvalue weighted by Gasteiger charge is 2.23. The molecule has 0 aliphatic rings. The van der Waals surface area contributed by atoms with Crippen LogP contribution in [0.1, 0.15) is 24.5 Å². The molecule has 0 saturated heterocycles. The average Bonchev–Trinajstić information content (AvgIpc) is 2.67. The smallest absolute Gasteiger partial charge is 0.236 e. The molecule has 0 atom stereocenters. The van der Waals surface area contributed by atoms with Gasteiger partial charge in [0.15, 0.2) is 5.82 Å². The Hall–Kier alpha value is -3.16. The Balaban J connectivity index is 1.92. The van der Waals surface area contributed by atoms with Crippen molar-refractivity contribution in [2.75, 3.05) is 0 Å². The van der Waals surface area contributed by atoms with Gasteiger partial charge in [-0.1, -0.05) is 25.5 Å². The van der Waals surface area contributed by atoms with Crippen LogP contribution in [0.3, 0.4) is 0 Å². The lowest BCUT2D eigenvalue weighted by molar-refractivity contribution is -0.0790. The number of nitrogens with zero attached hydrogens (tertiary/aromatic N) is 2. The third-order valence-corrected chi connectivity index (χ3v) is 4.30. The van der Waals surface area contributed by atoms with Crippen molar-refractivity contribution in [1.29, 1.82) is 0 Å². The Labute approximate surface area is 168 Å². The maximum atomic E-state index is 14.6. The summed E-state index contributed by atoms with van der Waals surface area (Å²) < 4.78 is 79.7. The number of rotatable bonds is 5. The Morgan fingerprint density at radius 2 is 1.47 bits per heavy atom. The van der Waals surface area contributed by atoms with Gasteiger partial charge in [0.1, 0.15) is 17.5 Å². The number of alkyl halides is 3. The molecule has 0 amide bonds. The Kier molecular flexibility index (Phi) is 6.24. The molecule has 0 N–H and O–H groups in total. The lowest BCUT2D eigenvalue weighted by Gasteiger charge is -2.09. The Morgan fingerprint density at radius 1 is 0.867 bits per heavy atom. The number of aromatic nitrogens is 2. The summed E-state index contributed by atoms with van der Waals surface area (Å²) in [5, 5.41) is 0. The summed E-state index contributed by atoms with van der Waals surface area (Å²) in [5.74, 6) is -2.94. The van der Waals surface area contributed by atoms with E-state index in [1.54, 1.807) is 12.4 Å². The summed E-state index contributed by atoms with van der Waals surface area (Å²) in [6.07, 6.45) is 0.368. The van der Waals surface area contributed by atoms with Gasteiger partial charge in [-0.25, -0.2) is 23.1 Å². The normalized spacial score (nSPS) is 12.0. The molecule has 2 aromatic carbocycles. The lowest BCUT2D eigenvalue weighted by Crippen LogP contribution is -2.01. The molecule has 0 radical (unpaired) electrons. The van der Waals surface area contributed by atoms with Crippen molar-refractivity contribution in [3.63, 3.8) is 0 Å². The van der Waals surface area contributed by atoms with Gasteiger partial charge in [0.2, 0.25) is 0 Å². The molecule has 1 aromatic heterocycles. The highest BCUT2D eigenvalue weighted by Crippen LogP contribution is 2.30. The second-order valence-corrected chi connectivity index (χ2v) is 6.59. The van der Waals surface area contributed by atoms with Gasteiger partial charge in [-0.15, -0.1) is 0 Å². The molecule has 0 unspecified atom stereocenters. The highest BCUT2D eigenvalue weighted by molar-refractivity contribution is 5.70. The predicted octanol–water partition coefficient (Wildman–Crippen LogP) is 6.76. The molecule has 1 heterocycles. The molecule has 0 spiro atoms. The molecule has 0 aliphatic heterocycles. The standard InChI is InChI=1S/C22H16F6N2/c1-2-3-13-11-29-21(30-12-13)14-4-5-16(18(23)8-14)15-9-19(24)17(20(25)10-15)6-7-22(26,27)28/h4-12H,2-3H2,1H3/b7-6+. The number of hydrogen-bond donors (Lipinski definition) is 0. The second kappa shape index (κ2) is 8.69. The van der Waals surface area contributed by atoms with Crippen LogP contribution in [0, 0.1) is 17.5 Å². The van der Waals surface area contributed by atoms with Gasteiger partial charge in [-0.05, 0) is 41.8 Å². The van der Waals surface area contributed by atoms with Gasteiger partial charge < -0.3 is 0 Å². The van der Waals surface area contributed by atoms with Crippen molar-refractivity contribution in [2.24, 2.45) is 0 Å². The molecule has 8 heteroatoms. The molecular weight excluding hydrogens is 406 g/mol. The minimum atomic E-state index is -4.71. The van der Waals surface area contributed by atoms with E-state index in [0.29, 0.717) is 17.5 Å². The monoisotopic (exact) mass is 422 g/mol. The minimum Gasteiger partial charge on any atom is -0.236 e. The molecular formula is C22H16F6N2. The topological polar surface area (TPSA) is 25.8 Å². The number of aryl methyl sites for hydroxylation is 1. The fraction of sp³-hybridized carbons (Fsp3) is 0.182. The zero-order valence-electron chi connectivity index (χ0n) is 15.8. The van der Waals surface area contributed by atoms with E-state index in [1.807, 2.05) is 6.92 Å². The summed E-state index contributed by atoms with van der Waals surface area (Å²) in [6, 6.07) is 5.52. The lowest BCUT2D eigenvalue weighted by atomic mass is 10.0. The van der Waals surface area contributed by atoms with Crippen LogP contribution in [-0.4, -0.2) is 16.1 Å². The van der Waals surface area contributed by atoms with Crippen LogP contribution in [-0.2, 0) is 6.42 Å². The van der Waals surface area contributed by atoms with E-state index >= 15 is 0 Å². The van der Waals surface area contributed by atoms with Gasteiger partial charge in [-0.3, -0.25) is 0 Å². The van der Waals surface area contributed by atoms with Crippen molar-refractivity contribution in [3.8, 4) is 22.5 Å². The van der Waals surface area contributed by atoms with E-state index in [9.17, 15) is 26.3 Å². The third kappa shape index (κ3) is 5.06. The molecule has 0 fully saturated rings. The van der Waals surface area contributed by atoms with E-state index in [-0.39, 0.29) is 17.2 Å². The average molecular weight is 422 g/mol. The Morgan fingerprint density at radius 3 is 2.00 bits per heavy atom. The summed E-state index contributed by atoms with van der Waals surface area (Å²) in [5.41, 5.74) is 0.227. The molecule has 3 aromatic rings. The number of allylic oxidation sites excluding steroid dienone is 1. The fourth-order valence-corrected chi connectivity index (χ4v) is 2.89. The summed E-state index contributed by atoms with van der Waals surface area (Å²) in [6.45, 7) is 2.02. The largest absolute Gasteiger partial charge is 0.409 e. The van der Waals surface area contributed by atoms with Gasteiger partial charge in [0.25, 0.3) is 0 Å². The van der Waals surface area contributed by atoms with Crippen LogP contribution in [0.2, 0.25) is 0 Å². The summed E-state index contributed by atoms with van der Waals surface area (Å²) in [7, 11) is 0. The van der Waals surface area contributed by atoms with Gasteiger partial charge >= 0.3 is 6.18 Å². The predicted molar refractivity (Wildman–Crippen MR) is 102 cm³/mol. The zero-order chi connectivity index (χ0) is 21.9. The number of hydrogen-bond acceptors (Lipinski definition) is 2. The molecule has 3 rings (SSSR count). The fourth-order valence-electron chi connectivity index (χ4n) is 2.89. The first kappa shape index (κ1) is 21.5. The maximum Gasteiger partial charge on any atom is 0.409 e. The second-order valence-electron chi connectivity index (χ2n) is 6.59. The van der Waals surface area contributed by atoms with Crippen molar-refractivity contribution < 1.29 is 26.3 Å².